The summed E-state index contributed by atoms with van der Waals surface area (Å²) >= 11 is 0. The Kier molecular flexibility index (Phi) is 5.88. The van der Waals surface area contributed by atoms with Crippen molar-refractivity contribution in [3.05, 3.63) is 0 Å². The highest BCUT2D eigenvalue weighted by molar-refractivity contribution is 5.73. The van der Waals surface area contributed by atoms with Crippen molar-refractivity contribution in [2.75, 3.05) is 26.8 Å². The average molecular weight is 244 g/mol. The fraction of sp³-hybridized carbons (Fsp3) is 0.917. The number of carbonyl (C=O) groups is 1. The molecule has 0 saturated carbocycles. The van der Waals surface area contributed by atoms with Crippen LogP contribution in [0.25, 0.3) is 0 Å². The van der Waals surface area contributed by atoms with Gasteiger partial charge in [-0.3, -0.25) is 4.79 Å². The summed E-state index contributed by atoms with van der Waals surface area (Å²) in [6.45, 7) is 6.30. The lowest BCUT2D eigenvalue weighted by molar-refractivity contribution is -0.140. The zero-order chi connectivity index (χ0) is 12.8. The first-order chi connectivity index (χ1) is 8.00. The van der Waals surface area contributed by atoms with Gasteiger partial charge in [0.1, 0.15) is 6.04 Å². The molecule has 0 aromatic carbocycles. The lowest BCUT2D eigenvalue weighted by atomic mass is 10.1. The Bertz CT molecular complexity index is 240. The number of carboxylic acids is 1. The third kappa shape index (κ3) is 5.02. The third-order valence-corrected chi connectivity index (χ3v) is 3.13. The molecule has 5 nitrogen and oxygen atoms in total. The van der Waals surface area contributed by atoms with Crippen molar-refractivity contribution in [2.45, 2.75) is 44.8 Å². The molecule has 1 aliphatic heterocycles. The molecule has 2 unspecified atom stereocenters. The summed E-state index contributed by atoms with van der Waals surface area (Å²) in [6.07, 6.45) is 1.67. The maximum atomic E-state index is 11.1. The van der Waals surface area contributed by atoms with Crippen molar-refractivity contribution in [3.8, 4) is 0 Å². The Morgan fingerprint density at radius 1 is 1.59 bits per heavy atom. The van der Waals surface area contributed by atoms with Crippen LogP contribution < -0.4 is 5.32 Å². The van der Waals surface area contributed by atoms with Gasteiger partial charge in [-0.15, -0.1) is 0 Å². The van der Waals surface area contributed by atoms with E-state index >= 15 is 0 Å². The molecule has 1 heterocycles. The van der Waals surface area contributed by atoms with Gasteiger partial charge in [0.05, 0.1) is 6.61 Å². The van der Waals surface area contributed by atoms with Gasteiger partial charge in [0, 0.05) is 25.2 Å². The fourth-order valence-electron chi connectivity index (χ4n) is 2.07. The highest BCUT2D eigenvalue weighted by Gasteiger charge is 2.23. The maximum Gasteiger partial charge on any atom is 0.320 e. The molecule has 2 N–H and O–H groups in total. The van der Waals surface area contributed by atoms with E-state index in [1.54, 1.807) is 0 Å². The van der Waals surface area contributed by atoms with E-state index in [1.807, 2.05) is 20.9 Å². The summed E-state index contributed by atoms with van der Waals surface area (Å²) in [4.78, 5) is 13.3. The monoisotopic (exact) mass is 244 g/mol. The number of ether oxygens (including phenoxy) is 1. The zero-order valence-electron chi connectivity index (χ0n) is 11.0. The lowest BCUT2D eigenvalue weighted by Gasteiger charge is -2.25. The quantitative estimate of drug-likeness (QED) is 0.685. The first-order valence-electron chi connectivity index (χ1n) is 6.27. The average Bonchev–Trinajstić information content (AvgIpc) is 2.76. The number of likely N-dealkylation sites (N-methyl/N-ethyl adjacent to an activating group) is 1. The van der Waals surface area contributed by atoms with Gasteiger partial charge in [-0.2, -0.15) is 0 Å². The van der Waals surface area contributed by atoms with Crippen LogP contribution in [0.1, 0.15) is 26.7 Å². The second-order valence-corrected chi connectivity index (χ2v) is 5.00. The smallest absolute Gasteiger partial charge is 0.320 e. The SMILES string of the molecule is CC(C)NC(CCN(C)C1CCOC1)C(=O)O. The van der Waals surface area contributed by atoms with Gasteiger partial charge in [-0.25, -0.2) is 0 Å². The van der Waals surface area contributed by atoms with E-state index in [9.17, 15) is 4.79 Å². The van der Waals surface area contributed by atoms with Crippen molar-refractivity contribution < 1.29 is 14.6 Å². The largest absolute Gasteiger partial charge is 0.480 e. The van der Waals surface area contributed by atoms with E-state index in [0.717, 1.165) is 26.2 Å². The number of nitrogens with zero attached hydrogens (tertiary/aromatic N) is 1. The lowest BCUT2D eigenvalue weighted by Crippen LogP contribution is -2.44. The van der Waals surface area contributed by atoms with Crippen LogP contribution in [-0.2, 0) is 9.53 Å². The fourth-order valence-corrected chi connectivity index (χ4v) is 2.07. The molecule has 0 aliphatic carbocycles. The predicted octanol–water partition coefficient (Wildman–Crippen LogP) is 0.548. The van der Waals surface area contributed by atoms with E-state index in [2.05, 4.69) is 10.2 Å². The molecule has 100 valence electrons. The third-order valence-electron chi connectivity index (χ3n) is 3.13. The molecule has 0 amide bonds. The number of rotatable bonds is 7. The molecule has 1 fully saturated rings. The highest BCUT2D eigenvalue weighted by atomic mass is 16.5. The van der Waals surface area contributed by atoms with E-state index in [0.29, 0.717) is 12.5 Å². The van der Waals surface area contributed by atoms with Crippen molar-refractivity contribution in [1.82, 2.24) is 10.2 Å². The van der Waals surface area contributed by atoms with Crippen molar-refractivity contribution in [1.29, 1.82) is 0 Å². The topological polar surface area (TPSA) is 61.8 Å². The molecule has 1 aliphatic rings. The first-order valence-corrected chi connectivity index (χ1v) is 6.27. The Morgan fingerprint density at radius 3 is 2.76 bits per heavy atom. The highest BCUT2D eigenvalue weighted by Crippen LogP contribution is 2.11. The Morgan fingerprint density at radius 2 is 2.29 bits per heavy atom. The minimum absolute atomic E-state index is 0.191. The first kappa shape index (κ1) is 14.4. The Balaban J connectivity index is 2.32. The number of carboxylic acid groups (broad SMARTS) is 1. The van der Waals surface area contributed by atoms with Crippen molar-refractivity contribution in [2.24, 2.45) is 0 Å². The molecule has 0 bridgehead atoms. The van der Waals surface area contributed by atoms with Crippen LogP contribution in [0.3, 0.4) is 0 Å². The van der Waals surface area contributed by atoms with Crippen LogP contribution >= 0.6 is 0 Å². The maximum absolute atomic E-state index is 11.1. The number of hydrogen-bond acceptors (Lipinski definition) is 4. The van der Waals surface area contributed by atoms with Crippen LogP contribution in [0.15, 0.2) is 0 Å². The zero-order valence-corrected chi connectivity index (χ0v) is 11.0. The number of hydrogen-bond donors (Lipinski definition) is 2. The summed E-state index contributed by atoms with van der Waals surface area (Å²) in [5, 5.41) is 12.2. The normalized spacial score (nSPS) is 22.3. The van der Waals surface area contributed by atoms with Gasteiger partial charge in [0.25, 0.3) is 0 Å². The minimum Gasteiger partial charge on any atom is -0.480 e. The summed E-state index contributed by atoms with van der Waals surface area (Å²) in [5.41, 5.74) is 0. The molecular formula is C12H24N2O3. The van der Waals surface area contributed by atoms with Crippen LogP contribution in [0, 0.1) is 0 Å². The second kappa shape index (κ2) is 6.93. The molecule has 5 heteroatoms. The van der Waals surface area contributed by atoms with Crippen molar-refractivity contribution in [3.63, 3.8) is 0 Å². The van der Waals surface area contributed by atoms with Crippen LogP contribution in [0.4, 0.5) is 0 Å². The van der Waals surface area contributed by atoms with Gasteiger partial charge in [0.2, 0.25) is 0 Å². The van der Waals surface area contributed by atoms with Gasteiger partial charge < -0.3 is 20.1 Å². The number of nitrogens with one attached hydrogen (secondary N) is 1. The second-order valence-electron chi connectivity index (χ2n) is 5.00. The molecule has 2 atom stereocenters. The molecule has 0 aromatic rings. The molecule has 17 heavy (non-hydrogen) atoms. The molecule has 1 rings (SSSR count). The summed E-state index contributed by atoms with van der Waals surface area (Å²) < 4.78 is 5.32. The summed E-state index contributed by atoms with van der Waals surface area (Å²) in [6, 6.07) is 0.180. The van der Waals surface area contributed by atoms with E-state index in [1.165, 1.54) is 0 Å². The van der Waals surface area contributed by atoms with Gasteiger partial charge in [-0.05, 0) is 19.9 Å². The molecule has 0 radical (unpaired) electrons. The van der Waals surface area contributed by atoms with Crippen molar-refractivity contribution >= 4 is 5.97 Å². The van der Waals surface area contributed by atoms with Crippen LogP contribution in [0.5, 0.6) is 0 Å². The minimum atomic E-state index is -0.769. The van der Waals surface area contributed by atoms with Crippen LogP contribution in [-0.4, -0.2) is 60.9 Å². The van der Waals surface area contributed by atoms with E-state index in [-0.39, 0.29) is 6.04 Å². The van der Waals surface area contributed by atoms with E-state index in [4.69, 9.17) is 9.84 Å². The summed E-state index contributed by atoms with van der Waals surface area (Å²) in [7, 11) is 2.04. The Hall–Kier alpha value is -0.650. The van der Waals surface area contributed by atoms with Crippen LogP contribution in [0.2, 0.25) is 0 Å². The standard InChI is InChI=1S/C12H24N2O3/c1-9(2)13-11(12(15)16)4-6-14(3)10-5-7-17-8-10/h9-11,13H,4-8H2,1-3H3,(H,15,16). The molecular weight excluding hydrogens is 220 g/mol. The van der Waals surface area contributed by atoms with Gasteiger partial charge >= 0.3 is 5.97 Å². The molecule has 0 spiro atoms. The molecule has 0 aromatic heterocycles. The predicted molar refractivity (Wildman–Crippen MR) is 66.2 cm³/mol. The van der Waals surface area contributed by atoms with Gasteiger partial charge in [-0.1, -0.05) is 13.8 Å². The number of aliphatic carboxylic acids is 1. The molecule has 1 saturated heterocycles. The summed E-state index contributed by atoms with van der Waals surface area (Å²) in [5.74, 6) is -0.769. The van der Waals surface area contributed by atoms with Gasteiger partial charge in [0.15, 0.2) is 0 Å². The van der Waals surface area contributed by atoms with E-state index < -0.39 is 12.0 Å². The Labute approximate surface area is 103 Å².